The zero-order valence-electron chi connectivity index (χ0n) is 17.0. The van der Waals surface area contributed by atoms with Crippen LogP contribution in [0.1, 0.15) is 30.9 Å². The van der Waals surface area contributed by atoms with Crippen molar-refractivity contribution in [2.45, 2.75) is 37.8 Å². The summed E-state index contributed by atoms with van der Waals surface area (Å²) in [5.74, 6) is 0.528. The molecule has 1 aromatic carbocycles. The van der Waals surface area contributed by atoms with Gasteiger partial charge in [-0.3, -0.25) is 14.6 Å². The number of rotatable bonds is 8. The van der Waals surface area contributed by atoms with Gasteiger partial charge in [-0.15, -0.1) is 0 Å². The summed E-state index contributed by atoms with van der Waals surface area (Å²) in [6.07, 6.45) is 0.984. The van der Waals surface area contributed by atoms with Crippen molar-refractivity contribution in [3.05, 3.63) is 29.8 Å². The van der Waals surface area contributed by atoms with Gasteiger partial charge in [0.05, 0.1) is 32.9 Å². The Labute approximate surface area is 171 Å². The van der Waals surface area contributed by atoms with Crippen LogP contribution in [0.5, 0.6) is 5.75 Å². The third-order valence-electron chi connectivity index (χ3n) is 5.71. The summed E-state index contributed by atoms with van der Waals surface area (Å²) in [6, 6.07) is 7.14. The topological polar surface area (TPSA) is 54.0 Å². The second-order valence-electron chi connectivity index (χ2n) is 7.58. The number of halogens is 2. The van der Waals surface area contributed by atoms with Crippen LogP contribution in [-0.4, -0.2) is 81.2 Å². The number of alkyl halides is 2. The third-order valence-corrected chi connectivity index (χ3v) is 5.71. The molecule has 2 aliphatic heterocycles. The normalized spacial score (nSPS) is 22.4. The Morgan fingerprint density at radius 2 is 2.00 bits per heavy atom. The van der Waals surface area contributed by atoms with Crippen LogP contribution in [0.3, 0.4) is 0 Å². The average molecular weight is 411 g/mol. The maximum Gasteiger partial charge on any atom is 0.251 e. The van der Waals surface area contributed by atoms with Gasteiger partial charge in [0.2, 0.25) is 5.91 Å². The molecule has 0 aliphatic carbocycles. The number of carbonyl (C=O) groups excluding carboxylic acids is 1. The van der Waals surface area contributed by atoms with Gasteiger partial charge in [0.15, 0.2) is 0 Å². The number of hydrogen-bond donors (Lipinski definition) is 1. The fourth-order valence-corrected chi connectivity index (χ4v) is 4.20. The highest BCUT2D eigenvalue weighted by Gasteiger charge is 2.32. The number of methoxy groups -OCH3 is 1. The quantitative estimate of drug-likeness (QED) is 0.712. The number of carbonyl (C=O) groups is 1. The Kier molecular flexibility index (Phi) is 8.20. The molecule has 162 valence electrons. The molecule has 2 heterocycles. The third kappa shape index (κ3) is 5.87. The molecule has 2 saturated heterocycles. The molecule has 0 radical (unpaired) electrons. The van der Waals surface area contributed by atoms with Crippen LogP contribution in [0.25, 0.3) is 0 Å². The minimum atomic E-state index is -2.47. The second-order valence-corrected chi connectivity index (χ2v) is 7.58. The molecule has 0 saturated carbocycles. The van der Waals surface area contributed by atoms with Crippen LogP contribution in [0.15, 0.2) is 24.3 Å². The van der Waals surface area contributed by atoms with E-state index in [1.54, 1.807) is 7.11 Å². The summed E-state index contributed by atoms with van der Waals surface area (Å²) in [7, 11) is 1.65. The molecule has 1 amide bonds. The van der Waals surface area contributed by atoms with Gasteiger partial charge < -0.3 is 14.8 Å². The van der Waals surface area contributed by atoms with Crippen LogP contribution in [-0.2, 0) is 9.53 Å². The lowest BCUT2D eigenvalue weighted by molar-refractivity contribution is -0.134. The highest BCUT2D eigenvalue weighted by atomic mass is 19.3. The van der Waals surface area contributed by atoms with Crippen LogP contribution in [0, 0.1) is 0 Å². The molecule has 2 fully saturated rings. The zero-order valence-corrected chi connectivity index (χ0v) is 17.0. The Balaban J connectivity index is 1.71. The molecule has 0 bridgehead atoms. The molecule has 0 unspecified atom stereocenters. The molecule has 8 heteroatoms. The van der Waals surface area contributed by atoms with Crippen molar-refractivity contribution < 1.29 is 23.0 Å². The Morgan fingerprint density at radius 3 is 2.72 bits per heavy atom. The largest absolute Gasteiger partial charge is 0.496 e. The molecule has 0 spiro atoms. The lowest BCUT2D eigenvalue weighted by Crippen LogP contribution is -2.55. The van der Waals surface area contributed by atoms with Gasteiger partial charge in [-0.25, -0.2) is 8.78 Å². The molecular weight excluding hydrogens is 380 g/mol. The molecule has 1 aromatic rings. The minimum Gasteiger partial charge on any atom is -0.496 e. The minimum absolute atomic E-state index is 0.0246. The number of para-hydroxylation sites is 1. The van der Waals surface area contributed by atoms with E-state index in [9.17, 15) is 13.6 Å². The van der Waals surface area contributed by atoms with Gasteiger partial charge in [0.1, 0.15) is 11.8 Å². The Morgan fingerprint density at radius 1 is 1.24 bits per heavy atom. The number of nitrogens with one attached hydrogen (secondary N) is 1. The van der Waals surface area contributed by atoms with E-state index in [-0.39, 0.29) is 18.6 Å². The number of ether oxygens (including phenoxy) is 2. The van der Waals surface area contributed by atoms with Crippen LogP contribution >= 0.6 is 0 Å². The van der Waals surface area contributed by atoms with Crippen molar-refractivity contribution in [3.63, 3.8) is 0 Å². The van der Waals surface area contributed by atoms with Gasteiger partial charge in [0.25, 0.3) is 6.43 Å². The number of benzene rings is 1. The predicted octanol–water partition coefficient (Wildman–Crippen LogP) is 2.30. The summed E-state index contributed by atoms with van der Waals surface area (Å²) >= 11 is 0. The number of amides is 1. The number of nitrogens with zero attached hydrogens (tertiary/aromatic N) is 2. The van der Waals surface area contributed by atoms with Crippen molar-refractivity contribution in [2.24, 2.45) is 0 Å². The summed E-state index contributed by atoms with van der Waals surface area (Å²) in [5, 5.41) is 3.00. The molecule has 3 rings (SSSR count). The summed E-state index contributed by atoms with van der Waals surface area (Å²) in [4.78, 5) is 16.7. The molecule has 2 aliphatic rings. The molecule has 1 N–H and O–H groups in total. The van der Waals surface area contributed by atoms with Gasteiger partial charge in [-0.2, -0.15) is 0 Å². The van der Waals surface area contributed by atoms with E-state index < -0.39 is 19.0 Å². The van der Waals surface area contributed by atoms with E-state index in [1.165, 1.54) is 11.3 Å². The van der Waals surface area contributed by atoms with Gasteiger partial charge >= 0.3 is 0 Å². The lowest BCUT2D eigenvalue weighted by Gasteiger charge is -2.37. The maximum atomic E-state index is 12.9. The standard InChI is InChI=1S/C21H31F2N3O3/c1-28-19-8-4-3-7-16(19)17(25-9-5-2-6-10-25)13-24-21(27)18-15-29-12-11-26(18)14-20(22)23/h3-4,7-8,17-18,20H,2,5-6,9-15H2,1H3,(H,24,27)/t17-,18-/m1/s1. The first kappa shape index (κ1) is 21.9. The smallest absolute Gasteiger partial charge is 0.251 e. The molecule has 29 heavy (non-hydrogen) atoms. The molecular formula is C21H31F2N3O3. The average Bonchev–Trinajstić information content (AvgIpc) is 2.75. The predicted molar refractivity (Wildman–Crippen MR) is 106 cm³/mol. The van der Waals surface area contributed by atoms with E-state index in [4.69, 9.17) is 9.47 Å². The monoisotopic (exact) mass is 411 g/mol. The molecule has 6 nitrogen and oxygen atoms in total. The number of piperidine rings is 1. The number of likely N-dealkylation sites (tertiary alicyclic amines) is 1. The first-order valence-corrected chi connectivity index (χ1v) is 10.3. The zero-order chi connectivity index (χ0) is 20.6. The SMILES string of the molecule is COc1ccccc1[C@@H](CNC(=O)[C@H]1COCCN1CC(F)F)N1CCCCC1. The van der Waals surface area contributed by atoms with Crippen LogP contribution in [0.2, 0.25) is 0 Å². The van der Waals surface area contributed by atoms with E-state index in [0.717, 1.165) is 37.2 Å². The summed E-state index contributed by atoms with van der Waals surface area (Å²) in [5.41, 5.74) is 1.03. The summed E-state index contributed by atoms with van der Waals surface area (Å²) in [6.45, 7) is 2.76. The van der Waals surface area contributed by atoms with E-state index in [1.807, 2.05) is 24.3 Å². The Hall–Kier alpha value is -1.77. The molecule has 2 atom stereocenters. The van der Waals surface area contributed by atoms with Crippen LogP contribution in [0.4, 0.5) is 8.78 Å². The van der Waals surface area contributed by atoms with Crippen LogP contribution < -0.4 is 10.1 Å². The van der Waals surface area contributed by atoms with Crippen molar-refractivity contribution >= 4 is 5.91 Å². The van der Waals surface area contributed by atoms with Gasteiger partial charge in [0, 0.05) is 18.7 Å². The molecule has 0 aromatic heterocycles. The summed E-state index contributed by atoms with van der Waals surface area (Å²) < 4.78 is 36.7. The second kappa shape index (κ2) is 10.8. The first-order valence-electron chi connectivity index (χ1n) is 10.3. The van der Waals surface area contributed by atoms with Gasteiger partial charge in [-0.1, -0.05) is 24.6 Å². The van der Waals surface area contributed by atoms with E-state index in [2.05, 4.69) is 10.2 Å². The van der Waals surface area contributed by atoms with Crippen molar-refractivity contribution in [1.29, 1.82) is 0 Å². The van der Waals surface area contributed by atoms with E-state index in [0.29, 0.717) is 19.7 Å². The first-order chi connectivity index (χ1) is 14.1. The fourth-order valence-electron chi connectivity index (χ4n) is 4.20. The highest BCUT2D eigenvalue weighted by molar-refractivity contribution is 5.82. The van der Waals surface area contributed by atoms with E-state index >= 15 is 0 Å². The number of hydrogen-bond acceptors (Lipinski definition) is 5. The lowest BCUT2D eigenvalue weighted by atomic mass is 10.0. The Bertz CT molecular complexity index is 656. The van der Waals surface area contributed by atoms with Crippen molar-refractivity contribution in [3.8, 4) is 5.75 Å². The maximum absolute atomic E-state index is 12.9. The van der Waals surface area contributed by atoms with Crippen molar-refractivity contribution in [1.82, 2.24) is 15.1 Å². The van der Waals surface area contributed by atoms with Gasteiger partial charge in [-0.05, 0) is 32.0 Å². The highest BCUT2D eigenvalue weighted by Crippen LogP contribution is 2.31. The fraction of sp³-hybridized carbons (Fsp3) is 0.667. The number of morpholine rings is 1. The van der Waals surface area contributed by atoms with Crippen molar-refractivity contribution in [2.75, 3.05) is 53.0 Å².